The molecule has 2 fully saturated rings. The lowest BCUT2D eigenvalue weighted by atomic mass is 9.77. The molecular formula is C32H40F4. The van der Waals surface area contributed by atoms with Crippen molar-refractivity contribution in [2.75, 3.05) is 0 Å². The fourth-order valence-corrected chi connectivity index (χ4v) is 6.34. The summed E-state index contributed by atoms with van der Waals surface area (Å²) < 4.78 is 51.2. The number of hydrogen-bond donors (Lipinski definition) is 0. The minimum Gasteiger partial charge on any atom is -0.212 e. The van der Waals surface area contributed by atoms with Crippen molar-refractivity contribution in [3.63, 3.8) is 0 Å². The first-order chi connectivity index (χ1) is 17.3. The molecule has 36 heavy (non-hydrogen) atoms. The molecule has 0 saturated heterocycles. The fourth-order valence-electron chi connectivity index (χ4n) is 6.34. The van der Waals surface area contributed by atoms with E-state index in [0.29, 0.717) is 18.8 Å². The van der Waals surface area contributed by atoms with Crippen LogP contribution in [0.5, 0.6) is 0 Å². The van der Waals surface area contributed by atoms with Crippen LogP contribution in [-0.2, 0) is 0 Å². The highest BCUT2D eigenvalue weighted by Gasteiger charge is 2.30. The Kier molecular flexibility index (Phi) is 9.30. The predicted octanol–water partition coefficient (Wildman–Crippen LogP) is 10.9. The van der Waals surface area contributed by atoms with E-state index in [-0.39, 0.29) is 12.0 Å². The molecule has 4 heteroatoms. The maximum absolute atomic E-state index is 13.9. The second kappa shape index (κ2) is 12.4. The Hall–Kier alpha value is -2.10. The number of benzene rings is 2. The van der Waals surface area contributed by atoms with E-state index in [1.165, 1.54) is 73.6 Å². The van der Waals surface area contributed by atoms with Gasteiger partial charge < -0.3 is 0 Å². The highest BCUT2D eigenvalue weighted by Crippen LogP contribution is 2.41. The molecule has 0 nitrogen and oxygen atoms in total. The largest absolute Gasteiger partial charge is 0.412 e. The van der Waals surface area contributed by atoms with Crippen LogP contribution in [0, 0.1) is 11.8 Å². The van der Waals surface area contributed by atoms with Crippen LogP contribution in [0.15, 0.2) is 60.4 Å². The van der Waals surface area contributed by atoms with E-state index in [2.05, 4.69) is 55.5 Å². The van der Waals surface area contributed by atoms with Crippen LogP contribution in [0.4, 0.5) is 17.6 Å². The molecule has 0 aromatic heterocycles. The van der Waals surface area contributed by atoms with Gasteiger partial charge in [-0.1, -0.05) is 81.1 Å². The van der Waals surface area contributed by atoms with Crippen LogP contribution >= 0.6 is 0 Å². The number of rotatable bonds is 8. The van der Waals surface area contributed by atoms with Crippen molar-refractivity contribution in [2.24, 2.45) is 11.8 Å². The van der Waals surface area contributed by atoms with Crippen LogP contribution < -0.4 is 0 Å². The molecule has 0 N–H and O–H groups in total. The lowest BCUT2D eigenvalue weighted by molar-refractivity contribution is -0.0820. The SMILES string of the molecule is CCCCCC1CCC(c2ccc(-c3ccc(C4CCC(/C(F)=C/C(F)(F)F)CC4)cc3)cc2)CC1. The maximum Gasteiger partial charge on any atom is 0.412 e. The van der Waals surface area contributed by atoms with E-state index in [1.807, 2.05) is 0 Å². The number of allylic oxidation sites excluding steroid dienone is 2. The lowest BCUT2D eigenvalue weighted by Gasteiger charge is -2.29. The Morgan fingerprint density at radius 2 is 1.19 bits per heavy atom. The summed E-state index contributed by atoms with van der Waals surface area (Å²) in [7, 11) is 0. The first kappa shape index (κ1) is 26.9. The first-order valence-corrected chi connectivity index (χ1v) is 14.0. The summed E-state index contributed by atoms with van der Waals surface area (Å²) >= 11 is 0. The van der Waals surface area contributed by atoms with Crippen LogP contribution in [0.2, 0.25) is 0 Å². The zero-order chi connectivity index (χ0) is 25.5. The summed E-state index contributed by atoms with van der Waals surface area (Å²) in [5, 5.41) is 0. The standard InChI is InChI=1S/C32H40F4/c1-2-3-4-5-23-6-8-24(9-7-23)25-10-12-26(13-11-25)27-14-16-28(17-15-27)29-18-20-30(21-19-29)31(33)22-32(34,35)36/h10-17,22-24,29-30H,2-9,18-21H2,1H3/b31-22-. The second-order valence-corrected chi connectivity index (χ2v) is 11.1. The molecular weight excluding hydrogens is 460 g/mol. The summed E-state index contributed by atoms with van der Waals surface area (Å²) in [6, 6.07) is 17.6. The van der Waals surface area contributed by atoms with Crippen LogP contribution in [0.25, 0.3) is 11.1 Å². The van der Waals surface area contributed by atoms with Crippen LogP contribution in [-0.4, -0.2) is 6.18 Å². The molecule has 2 aliphatic rings. The van der Waals surface area contributed by atoms with Crippen LogP contribution in [0.1, 0.15) is 107 Å². The summed E-state index contributed by atoms with van der Waals surface area (Å²) in [4.78, 5) is 0. The smallest absolute Gasteiger partial charge is 0.212 e. The van der Waals surface area contributed by atoms with Gasteiger partial charge in [0.25, 0.3) is 0 Å². The molecule has 0 heterocycles. The summed E-state index contributed by atoms with van der Waals surface area (Å²) in [6.07, 6.45) is 8.44. The minimum absolute atomic E-state index is 0.169. The molecule has 0 atom stereocenters. The average molecular weight is 501 g/mol. The zero-order valence-corrected chi connectivity index (χ0v) is 21.5. The van der Waals surface area contributed by atoms with Crippen molar-refractivity contribution in [2.45, 2.75) is 102 Å². The van der Waals surface area contributed by atoms with Gasteiger partial charge in [0.1, 0.15) is 5.83 Å². The van der Waals surface area contributed by atoms with E-state index < -0.39 is 17.9 Å². The molecule has 0 aliphatic heterocycles. The third-order valence-electron chi connectivity index (χ3n) is 8.58. The second-order valence-electron chi connectivity index (χ2n) is 11.1. The number of hydrogen-bond acceptors (Lipinski definition) is 0. The number of unbranched alkanes of at least 4 members (excludes halogenated alkanes) is 2. The third kappa shape index (κ3) is 7.46. The van der Waals surface area contributed by atoms with Gasteiger partial charge in [-0.15, -0.1) is 0 Å². The Labute approximate surface area is 214 Å². The summed E-state index contributed by atoms with van der Waals surface area (Å²) in [5.41, 5.74) is 5.05. The maximum atomic E-state index is 13.9. The predicted molar refractivity (Wildman–Crippen MR) is 141 cm³/mol. The van der Waals surface area contributed by atoms with E-state index in [1.54, 1.807) is 0 Å². The van der Waals surface area contributed by atoms with E-state index in [4.69, 9.17) is 0 Å². The molecule has 0 amide bonds. The molecule has 0 spiro atoms. The van der Waals surface area contributed by atoms with Gasteiger partial charge in [0.2, 0.25) is 0 Å². The van der Waals surface area contributed by atoms with Gasteiger partial charge >= 0.3 is 6.18 Å². The van der Waals surface area contributed by atoms with Crippen molar-refractivity contribution in [1.29, 1.82) is 0 Å². The molecule has 2 aromatic carbocycles. The monoisotopic (exact) mass is 500 g/mol. The van der Waals surface area contributed by atoms with Gasteiger partial charge in [-0.05, 0) is 91.4 Å². The normalized spacial score (nSPS) is 25.6. The molecule has 2 aliphatic carbocycles. The van der Waals surface area contributed by atoms with Crippen LogP contribution in [0.3, 0.4) is 0 Å². The summed E-state index contributed by atoms with van der Waals surface area (Å²) in [5.74, 6) is 0.288. The van der Waals surface area contributed by atoms with Crippen molar-refractivity contribution >= 4 is 0 Å². The van der Waals surface area contributed by atoms with Crippen molar-refractivity contribution in [3.05, 3.63) is 71.6 Å². The number of alkyl halides is 3. The molecule has 2 saturated carbocycles. The van der Waals surface area contributed by atoms with Gasteiger partial charge in [-0.3, -0.25) is 0 Å². The Bertz CT molecular complexity index is 955. The Morgan fingerprint density at radius 3 is 1.64 bits per heavy atom. The van der Waals surface area contributed by atoms with Gasteiger partial charge in [-0.25, -0.2) is 4.39 Å². The lowest BCUT2D eigenvalue weighted by Crippen LogP contribution is -2.15. The van der Waals surface area contributed by atoms with Crippen molar-refractivity contribution in [1.82, 2.24) is 0 Å². The van der Waals surface area contributed by atoms with Gasteiger partial charge in [0.05, 0.1) is 6.08 Å². The van der Waals surface area contributed by atoms with Crippen molar-refractivity contribution in [3.8, 4) is 11.1 Å². The fraction of sp³-hybridized carbons (Fsp3) is 0.562. The summed E-state index contributed by atoms with van der Waals surface area (Å²) in [6.45, 7) is 2.27. The third-order valence-corrected chi connectivity index (χ3v) is 8.58. The van der Waals surface area contributed by atoms with E-state index in [9.17, 15) is 17.6 Å². The van der Waals surface area contributed by atoms with Gasteiger partial charge in [0, 0.05) is 5.92 Å². The average Bonchev–Trinajstić information content (AvgIpc) is 2.89. The Balaban J connectivity index is 1.28. The highest BCUT2D eigenvalue weighted by atomic mass is 19.4. The molecule has 4 rings (SSSR count). The van der Waals surface area contributed by atoms with Gasteiger partial charge in [0.15, 0.2) is 0 Å². The minimum atomic E-state index is -4.58. The number of halogens is 4. The highest BCUT2D eigenvalue weighted by molar-refractivity contribution is 5.64. The van der Waals surface area contributed by atoms with Gasteiger partial charge in [-0.2, -0.15) is 13.2 Å². The quantitative estimate of drug-likeness (QED) is 0.250. The molecule has 0 radical (unpaired) electrons. The van der Waals surface area contributed by atoms with E-state index >= 15 is 0 Å². The Morgan fingerprint density at radius 1 is 0.722 bits per heavy atom. The molecule has 196 valence electrons. The van der Waals surface area contributed by atoms with E-state index in [0.717, 1.165) is 18.8 Å². The molecule has 2 aromatic rings. The van der Waals surface area contributed by atoms with Crippen molar-refractivity contribution < 1.29 is 17.6 Å². The zero-order valence-electron chi connectivity index (χ0n) is 21.5. The first-order valence-electron chi connectivity index (χ1n) is 14.0. The molecule has 0 unspecified atom stereocenters. The topological polar surface area (TPSA) is 0 Å². The molecule has 0 bridgehead atoms.